The molecule has 182 valence electrons. The van der Waals surface area contributed by atoms with E-state index in [1.165, 1.54) is 16.0 Å². The number of carboxylic acid groups (broad SMARTS) is 1. The van der Waals surface area contributed by atoms with Crippen LogP contribution in [0.3, 0.4) is 0 Å². The van der Waals surface area contributed by atoms with E-state index in [9.17, 15) is 14.4 Å². The summed E-state index contributed by atoms with van der Waals surface area (Å²) in [7, 11) is 0. The Hall–Kier alpha value is -3.35. The van der Waals surface area contributed by atoms with Gasteiger partial charge in [0.1, 0.15) is 13.2 Å². The van der Waals surface area contributed by atoms with Gasteiger partial charge in [-0.3, -0.25) is 9.59 Å². The molecule has 1 aliphatic rings. The topological polar surface area (TPSA) is 95.9 Å². The van der Waals surface area contributed by atoms with Crippen molar-refractivity contribution in [2.45, 2.75) is 39.5 Å². The number of hydrogen-bond donors (Lipinski definition) is 2. The summed E-state index contributed by atoms with van der Waals surface area (Å²) < 4.78 is 5.59. The molecule has 0 saturated carbocycles. The number of nitrogens with one attached hydrogen (secondary N) is 1. The Labute approximate surface area is 201 Å². The van der Waals surface area contributed by atoms with Gasteiger partial charge in [-0.25, -0.2) is 4.79 Å². The first-order valence-electron chi connectivity index (χ1n) is 11.9. The number of rotatable bonds is 11. The molecule has 2 N–H and O–H groups in total. The zero-order valence-corrected chi connectivity index (χ0v) is 20.1. The minimum Gasteiger partial charge on any atom is -0.480 e. The Balaban J connectivity index is 1.56. The van der Waals surface area contributed by atoms with Crippen LogP contribution in [0.25, 0.3) is 11.1 Å². The second kappa shape index (κ2) is 11.7. The number of hydrogen-bond acceptors (Lipinski definition) is 4. The number of aliphatic carboxylic acids is 1. The van der Waals surface area contributed by atoms with Gasteiger partial charge in [-0.05, 0) is 40.5 Å². The fourth-order valence-corrected chi connectivity index (χ4v) is 4.49. The van der Waals surface area contributed by atoms with Gasteiger partial charge in [0.15, 0.2) is 0 Å². The molecule has 0 bridgehead atoms. The molecule has 2 aromatic rings. The standard InChI is InChI=1S/C27H34N2O5/c1-4-13-29(16-26(31)32)25(30)14-19(18(2)3)15-28-27(33)34-17-24-22-11-7-5-9-20(22)21-10-6-8-12-23(21)24/h5-12,18-19,24H,4,13-17H2,1-3H3,(H,28,33)(H,31,32). The van der Waals surface area contributed by atoms with Crippen molar-refractivity contribution in [3.8, 4) is 11.1 Å². The van der Waals surface area contributed by atoms with Crippen LogP contribution in [0.15, 0.2) is 48.5 Å². The van der Waals surface area contributed by atoms with Gasteiger partial charge in [-0.1, -0.05) is 69.3 Å². The number of amides is 2. The van der Waals surface area contributed by atoms with Crippen LogP contribution < -0.4 is 5.32 Å². The van der Waals surface area contributed by atoms with Gasteiger partial charge < -0.3 is 20.1 Å². The Bertz CT molecular complexity index is 974. The number of carbonyl (C=O) groups excluding carboxylic acids is 2. The maximum atomic E-state index is 12.7. The van der Waals surface area contributed by atoms with Crippen LogP contribution >= 0.6 is 0 Å². The third-order valence-corrected chi connectivity index (χ3v) is 6.40. The van der Waals surface area contributed by atoms with Crippen LogP contribution in [-0.2, 0) is 14.3 Å². The van der Waals surface area contributed by atoms with Gasteiger partial charge in [0.25, 0.3) is 0 Å². The van der Waals surface area contributed by atoms with E-state index in [2.05, 4.69) is 29.6 Å². The van der Waals surface area contributed by atoms with Crippen LogP contribution in [-0.4, -0.2) is 54.2 Å². The lowest BCUT2D eigenvalue weighted by atomic mass is 9.92. The summed E-state index contributed by atoms with van der Waals surface area (Å²) in [5.74, 6) is -1.25. The van der Waals surface area contributed by atoms with Gasteiger partial charge in [0.05, 0.1) is 0 Å². The van der Waals surface area contributed by atoms with E-state index in [4.69, 9.17) is 9.84 Å². The Kier molecular flexibility index (Phi) is 8.68. The van der Waals surface area contributed by atoms with Crippen molar-refractivity contribution in [1.29, 1.82) is 0 Å². The molecule has 0 aromatic heterocycles. The Morgan fingerprint density at radius 2 is 1.62 bits per heavy atom. The number of nitrogens with zero attached hydrogens (tertiary/aromatic N) is 1. The van der Waals surface area contributed by atoms with Crippen molar-refractivity contribution in [2.75, 3.05) is 26.2 Å². The van der Waals surface area contributed by atoms with Crippen LogP contribution in [0.4, 0.5) is 4.79 Å². The molecule has 0 spiro atoms. The molecule has 7 heteroatoms. The third-order valence-electron chi connectivity index (χ3n) is 6.40. The molecule has 3 rings (SSSR count). The summed E-state index contributed by atoms with van der Waals surface area (Å²) in [6, 6.07) is 16.3. The highest BCUT2D eigenvalue weighted by Crippen LogP contribution is 2.44. The second-order valence-corrected chi connectivity index (χ2v) is 9.12. The van der Waals surface area contributed by atoms with E-state index in [0.29, 0.717) is 13.0 Å². The molecule has 1 aliphatic carbocycles. The third kappa shape index (κ3) is 6.16. The molecular formula is C27H34N2O5. The highest BCUT2D eigenvalue weighted by atomic mass is 16.5. The Morgan fingerprint density at radius 3 is 2.15 bits per heavy atom. The van der Waals surface area contributed by atoms with Gasteiger partial charge in [-0.15, -0.1) is 0 Å². The first kappa shape index (κ1) is 25.3. The summed E-state index contributed by atoms with van der Waals surface area (Å²) in [6.07, 6.45) is 0.341. The van der Waals surface area contributed by atoms with Crippen molar-refractivity contribution in [1.82, 2.24) is 10.2 Å². The van der Waals surface area contributed by atoms with E-state index < -0.39 is 12.1 Å². The lowest BCUT2D eigenvalue weighted by molar-refractivity contribution is -0.145. The molecule has 0 heterocycles. The smallest absolute Gasteiger partial charge is 0.407 e. The van der Waals surface area contributed by atoms with Crippen molar-refractivity contribution in [3.05, 3.63) is 59.7 Å². The molecule has 0 radical (unpaired) electrons. The molecular weight excluding hydrogens is 432 g/mol. The van der Waals surface area contributed by atoms with E-state index >= 15 is 0 Å². The van der Waals surface area contributed by atoms with Crippen molar-refractivity contribution >= 4 is 18.0 Å². The fourth-order valence-electron chi connectivity index (χ4n) is 4.49. The number of benzene rings is 2. The fraction of sp³-hybridized carbons (Fsp3) is 0.444. The SMILES string of the molecule is CCCN(CC(=O)O)C(=O)CC(CNC(=O)OCC1c2ccccc2-c2ccccc21)C(C)C. The van der Waals surface area contributed by atoms with Crippen LogP contribution in [0.5, 0.6) is 0 Å². The molecule has 0 aliphatic heterocycles. The van der Waals surface area contributed by atoms with Crippen molar-refractivity contribution in [3.63, 3.8) is 0 Å². The largest absolute Gasteiger partial charge is 0.480 e. The van der Waals surface area contributed by atoms with E-state index in [1.54, 1.807) is 0 Å². The predicted octanol–water partition coefficient (Wildman–Crippen LogP) is 4.51. The normalized spacial score (nSPS) is 13.2. The molecule has 2 amide bonds. The second-order valence-electron chi connectivity index (χ2n) is 9.12. The zero-order chi connectivity index (χ0) is 24.7. The summed E-state index contributed by atoms with van der Waals surface area (Å²) in [4.78, 5) is 37.6. The van der Waals surface area contributed by atoms with Crippen molar-refractivity contribution < 1.29 is 24.2 Å². The minimum atomic E-state index is -1.03. The summed E-state index contributed by atoms with van der Waals surface area (Å²) in [6.45, 7) is 6.48. The van der Waals surface area contributed by atoms with Gasteiger partial charge in [0.2, 0.25) is 5.91 Å². The summed E-state index contributed by atoms with van der Waals surface area (Å²) in [5, 5.41) is 11.9. The van der Waals surface area contributed by atoms with E-state index in [0.717, 1.165) is 11.1 Å². The number of alkyl carbamates (subject to hydrolysis) is 1. The lowest BCUT2D eigenvalue weighted by Gasteiger charge is -2.25. The monoisotopic (exact) mass is 466 g/mol. The molecule has 34 heavy (non-hydrogen) atoms. The first-order valence-corrected chi connectivity index (χ1v) is 11.9. The average molecular weight is 467 g/mol. The van der Waals surface area contributed by atoms with E-state index in [1.807, 2.05) is 45.0 Å². The maximum absolute atomic E-state index is 12.7. The molecule has 2 aromatic carbocycles. The van der Waals surface area contributed by atoms with Crippen LogP contribution in [0.1, 0.15) is 50.7 Å². The lowest BCUT2D eigenvalue weighted by Crippen LogP contribution is -2.40. The number of fused-ring (bicyclic) bond motifs is 3. The van der Waals surface area contributed by atoms with Gasteiger partial charge in [0, 0.05) is 25.4 Å². The maximum Gasteiger partial charge on any atom is 0.407 e. The quantitative estimate of drug-likeness (QED) is 0.508. The highest BCUT2D eigenvalue weighted by molar-refractivity contribution is 5.81. The molecule has 1 unspecified atom stereocenters. The van der Waals surface area contributed by atoms with Crippen LogP contribution in [0.2, 0.25) is 0 Å². The predicted molar refractivity (Wildman–Crippen MR) is 131 cm³/mol. The number of carboxylic acids is 1. The summed E-state index contributed by atoms with van der Waals surface area (Å²) in [5.41, 5.74) is 4.64. The summed E-state index contributed by atoms with van der Waals surface area (Å²) >= 11 is 0. The molecule has 0 saturated heterocycles. The van der Waals surface area contributed by atoms with Crippen LogP contribution in [0, 0.1) is 11.8 Å². The zero-order valence-electron chi connectivity index (χ0n) is 20.1. The first-order chi connectivity index (χ1) is 16.3. The van der Waals surface area contributed by atoms with Crippen molar-refractivity contribution in [2.24, 2.45) is 11.8 Å². The molecule has 0 fully saturated rings. The number of ether oxygens (including phenoxy) is 1. The van der Waals surface area contributed by atoms with E-state index in [-0.39, 0.29) is 49.8 Å². The van der Waals surface area contributed by atoms with Gasteiger partial charge in [-0.2, -0.15) is 0 Å². The average Bonchev–Trinajstić information content (AvgIpc) is 3.13. The highest BCUT2D eigenvalue weighted by Gasteiger charge is 2.29. The minimum absolute atomic E-state index is 0.0146. The van der Waals surface area contributed by atoms with Gasteiger partial charge >= 0.3 is 12.1 Å². The molecule has 1 atom stereocenters. The molecule has 7 nitrogen and oxygen atoms in total. The number of carbonyl (C=O) groups is 3. The Morgan fingerprint density at radius 1 is 1.03 bits per heavy atom.